The lowest BCUT2D eigenvalue weighted by Crippen LogP contribution is -2.22. The smallest absolute Gasteiger partial charge is 0.203 e. The van der Waals surface area contributed by atoms with Gasteiger partial charge in [0.05, 0.1) is 0 Å². The van der Waals surface area contributed by atoms with Crippen molar-refractivity contribution in [3.8, 4) is 0 Å². The maximum atomic E-state index is 5.28. The van der Waals surface area contributed by atoms with Crippen molar-refractivity contribution in [2.24, 2.45) is 10.3 Å². The van der Waals surface area contributed by atoms with Gasteiger partial charge in [0, 0.05) is 12.4 Å². The first-order valence-corrected chi connectivity index (χ1v) is 6.53. The molecule has 106 valence electrons. The van der Waals surface area contributed by atoms with E-state index in [1.54, 1.807) is 23.9 Å². The highest BCUT2D eigenvalue weighted by Crippen LogP contribution is 2.00. The quantitative estimate of drug-likeness (QED) is 0.391. The van der Waals surface area contributed by atoms with Gasteiger partial charge < -0.3 is 14.7 Å². The molecule has 0 spiro atoms. The van der Waals surface area contributed by atoms with Gasteiger partial charge >= 0.3 is 0 Å². The molecule has 0 saturated carbocycles. The topological polar surface area (TPSA) is 63.9 Å². The van der Waals surface area contributed by atoms with E-state index in [9.17, 15) is 0 Å². The van der Waals surface area contributed by atoms with Gasteiger partial charge in [0.15, 0.2) is 4.77 Å². The maximum Gasteiger partial charge on any atom is 0.203 e. The minimum absolute atomic E-state index is 0.00131. The molecule has 0 saturated heterocycles. The van der Waals surface area contributed by atoms with E-state index in [-0.39, 0.29) is 12.2 Å². The Morgan fingerprint density at radius 2 is 1.79 bits per heavy atom. The number of hydrogen-bond donors (Lipinski definition) is 1. The fraction of sp³-hybridized carbons (Fsp3) is 0.583. The van der Waals surface area contributed by atoms with Gasteiger partial charge in [-0.15, -0.1) is 0 Å². The summed E-state index contributed by atoms with van der Waals surface area (Å²) >= 11 is 5.17. The molecule has 0 amide bonds. The molecular formula is C12H20N4O2S. The average Bonchev–Trinajstić information content (AvgIpc) is 2.73. The lowest BCUT2D eigenvalue weighted by Gasteiger charge is -2.09. The molecule has 0 radical (unpaired) electrons. The van der Waals surface area contributed by atoms with E-state index in [0.717, 1.165) is 0 Å². The molecule has 0 unspecified atom stereocenters. The first kappa shape index (κ1) is 15.4. The number of H-pyrrole nitrogens is 1. The number of hydrogen-bond acceptors (Lipinski definition) is 5. The highest BCUT2D eigenvalue weighted by Gasteiger charge is 2.11. The molecule has 1 rings (SSSR count). The molecule has 6 nitrogen and oxygen atoms in total. The van der Waals surface area contributed by atoms with Crippen LogP contribution in [0.3, 0.4) is 0 Å². The van der Waals surface area contributed by atoms with Gasteiger partial charge in [-0.3, -0.25) is 4.57 Å². The summed E-state index contributed by atoms with van der Waals surface area (Å²) in [5.74, 6) is 0.501. The van der Waals surface area contributed by atoms with E-state index in [4.69, 9.17) is 21.9 Å². The molecular weight excluding hydrogens is 264 g/mol. The van der Waals surface area contributed by atoms with Gasteiger partial charge in [0.25, 0.3) is 0 Å². The van der Waals surface area contributed by atoms with E-state index >= 15 is 0 Å². The van der Waals surface area contributed by atoms with Crippen molar-refractivity contribution in [1.29, 1.82) is 0 Å². The van der Waals surface area contributed by atoms with Gasteiger partial charge in [-0.2, -0.15) is 0 Å². The second-order valence-electron chi connectivity index (χ2n) is 4.54. The molecule has 0 bridgehead atoms. The summed E-state index contributed by atoms with van der Waals surface area (Å²) < 4.78 is 2.20. The zero-order valence-corrected chi connectivity index (χ0v) is 12.7. The monoisotopic (exact) mass is 284 g/mol. The number of imidazole rings is 1. The molecule has 0 aliphatic carbocycles. The minimum atomic E-state index is -0.0260. The van der Waals surface area contributed by atoms with Crippen molar-refractivity contribution in [2.75, 3.05) is 0 Å². The Morgan fingerprint density at radius 3 is 2.26 bits per heavy atom. The number of nitrogens with zero attached hydrogens (tertiary/aromatic N) is 3. The summed E-state index contributed by atoms with van der Waals surface area (Å²) in [6.45, 7) is 9.39. The third-order valence-electron chi connectivity index (χ3n) is 1.95. The van der Waals surface area contributed by atoms with E-state index in [1.165, 1.54) is 0 Å². The Kier molecular flexibility index (Phi) is 5.75. The van der Waals surface area contributed by atoms with Crippen LogP contribution in [0.4, 0.5) is 0 Å². The van der Waals surface area contributed by atoms with Crippen molar-refractivity contribution in [3.63, 3.8) is 0 Å². The SMILES string of the molecule is CC(=NOC(C)C)C(=NOC(C)C)n1cc[nH]c1=S. The number of aromatic amines is 1. The standard InChI is InChI=1S/C12H20N4O2S/c1-8(2)17-14-10(5)11(15-18-9(3)4)16-7-6-13-12(16)19/h6-9H,1-5H3,(H,13,19). The van der Waals surface area contributed by atoms with Crippen LogP contribution in [-0.4, -0.2) is 33.3 Å². The number of aromatic nitrogens is 2. The fourth-order valence-corrected chi connectivity index (χ4v) is 1.37. The second-order valence-corrected chi connectivity index (χ2v) is 4.92. The van der Waals surface area contributed by atoms with E-state index < -0.39 is 0 Å². The highest BCUT2D eigenvalue weighted by molar-refractivity contribution is 7.71. The average molecular weight is 284 g/mol. The molecule has 1 heterocycles. The van der Waals surface area contributed by atoms with Crippen molar-refractivity contribution in [2.45, 2.75) is 46.8 Å². The van der Waals surface area contributed by atoms with Crippen molar-refractivity contribution < 1.29 is 9.68 Å². The number of oxime groups is 2. The summed E-state index contributed by atoms with van der Waals surface area (Å²) in [6, 6.07) is 0. The van der Waals surface area contributed by atoms with Gasteiger partial charge in [-0.25, -0.2) is 0 Å². The lowest BCUT2D eigenvalue weighted by molar-refractivity contribution is 0.0825. The van der Waals surface area contributed by atoms with Gasteiger partial charge in [-0.1, -0.05) is 10.3 Å². The molecule has 0 aliphatic rings. The van der Waals surface area contributed by atoms with Crippen molar-refractivity contribution in [3.05, 3.63) is 17.2 Å². The molecule has 1 aromatic rings. The van der Waals surface area contributed by atoms with Crippen molar-refractivity contribution >= 4 is 23.8 Å². The maximum absolute atomic E-state index is 5.28. The van der Waals surface area contributed by atoms with Crippen LogP contribution in [-0.2, 0) is 9.68 Å². The van der Waals surface area contributed by atoms with Crippen LogP contribution >= 0.6 is 12.2 Å². The van der Waals surface area contributed by atoms with Crippen LogP contribution in [0.1, 0.15) is 34.6 Å². The summed E-state index contributed by atoms with van der Waals surface area (Å²) in [7, 11) is 0. The van der Waals surface area contributed by atoms with Crippen LogP contribution in [0.2, 0.25) is 0 Å². The first-order valence-electron chi connectivity index (χ1n) is 6.12. The fourth-order valence-electron chi connectivity index (χ4n) is 1.15. The minimum Gasteiger partial charge on any atom is -0.393 e. The molecule has 0 fully saturated rings. The van der Waals surface area contributed by atoms with Gasteiger partial charge in [0.1, 0.15) is 17.9 Å². The first-order chi connectivity index (χ1) is 8.91. The van der Waals surface area contributed by atoms with E-state index in [2.05, 4.69) is 15.3 Å². The molecule has 1 aromatic heterocycles. The van der Waals surface area contributed by atoms with Gasteiger partial charge in [0.2, 0.25) is 5.84 Å². The van der Waals surface area contributed by atoms with Crippen LogP contribution in [0.5, 0.6) is 0 Å². The molecule has 0 atom stereocenters. The largest absolute Gasteiger partial charge is 0.393 e. The highest BCUT2D eigenvalue weighted by atomic mass is 32.1. The zero-order valence-electron chi connectivity index (χ0n) is 11.9. The normalized spacial score (nSPS) is 13.2. The molecule has 0 aromatic carbocycles. The Morgan fingerprint density at radius 1 is 1.21 bits per heavy atom. The molecule has 19 heavy (non-hydrogen) atoms. The summed E-state index contributed by atoms with van der Waals surface area (Å²) in [4.78, 5) is 13.4. The summed E-state index contributed by atoms with van der Waals surface area (Å²) in [5.41, 5.74) is 0.588. The zero-order chi connectivity index (χ0) is 14.4. The Labute approximate surface area is 118 Å². The summed E-state index contributed by atoms with van der Waals surface area (Å²) in [5, 5.41) is 8.11. The van der Waals surface area contributed by atoms with Crippen LogP contribution < -0.4 is 0 Å². The third-order valence-corrected chi connectivity index (χ3v) is 2.27. The summed E-state index contributed by atoms with van der Waals surface area (Å²) in [6.07, 6.45) is 3.46. The Balaban J connectivity index is 3.07. The number of rotatable bonds is 5. The Hall–Kier alpha value is -1.63. The molecule has 7 heteroatoms. The van der Waals surface area contributed by atoms with Crippen molar-refractivity contribution in [1.82, 2.24) is 9.55 Å². The van der Waals surface area contributed by atoms with E-state index in [0.29, 0.717) is 16.3 Å². The van der Waals surface area contributed by atoms with E-state index in [1.807, 2.05) is 27.7 Å². The lowest BCUT2D eigenvalue weighted by atomic mass is 10.4. The number of nitrogens with one attached hydrogen (secondary N) is 1. The molecule has 0 aliphatic heterocycles. The predicted molar refractivity (Wildman–Crippen MR) is 78.0 cm³/mol. The molecule has 1 N–H and O–H groups in total. The second kappa shape index (κ2) is 7.08. The predicted octanol–water partition coefficient (Wildman–Crippen LogP) is 2.93. The Bertz CT molecular complexity index is 514. The third kappa shape index (κ3) is 4.86. The van der Waals surface area contributed by atoms with Gasteiger partial charge in [-0.05, 0) is 46.8 Å². The van der Waals surface area contributed by atoms with Crippen LogP contribution in [0, 0.1) is 4.77 Å². The van der Waals surface area contributed by atoms with Crippen LogP contribution in [0.25, 0.3) is 0 Å². The van der Waals surface area contributed by atoms with Crippen LogP contribution in [0.15, 0.2) is 22.7 Å².